The number of ether oxygens (including phenoxy) is 1. The average Bonchev–Trinajstić information content (AvgIpc) is 2.86. The Labute approximate surface area is 135 Å². The monoisotopic (exact) mass is 324 g/mol. The van der Waals surface area contributed by atoms with E-state index in [0.29, 0.717) is 27.3 Å². The Bertz CT molecular complexity index is 1050. The van der Waals surface area contributed by atoms with Crippen LogP contribution in [0.4, 0.5) is 0 Å². The van der Waals surface area contributed by atoms with Crippen LogP contribution in [0.2, 0.25) is 5.02 Å². The van der Waals surface area contributed by atoms with Crippen LogP contribution in [0.3, 0.4) is 0 Å². The first kappa shape index (κ1) is 13.8. The number of fused-ring (bicyclic) bond motifs is 2. The number of carbonyl (C=O) groups excluding carboxylic acids is 1. The van der Waals surface area contributed by atoms with Crippen LogP contribution >= 0.6 is 11.6 Å². The number of ketones is 1. The number of rotatable bonds is 1. The van der Waals surface area contributed by atoms with Gasteiger partial charge in [-0.25, -0.2) is 0 Å². The van der Waals surface area contributed by atoms with Gasteiger partial charge >= 0.3 is 0 Å². The lowest BCUT2D eigenvalue weighted by atomic mass is 10.1. The summed E-state index contributed by atoms with van der Waals surface area (Å²) in [6.45, 7) is 0. The van der Waals surface area contributed by atoms with E-state index in [-0.39, 0.29) is 22.5 Å². The van der Waals surface area contributed by atoms with Crippen molar-refractivity contribution in [2.45, 2.75) is 0 Å². The van der Waals surface area contributed by atoms with Gasteiger partial charge < -0.3 is 9.15 Å². The van der Waals surface area contributed by atoms with E-state index >= 15 is 0 Å². The second kappa shape index (κ2) is 5.11. The quantitative estimate of drug-likeness (QED) is 0.633. The van der Waals surface area contributed by atoms with Gasteiger partial charge in [-0.2, -0.15) is 0 Å². The predicted molar refractivity (Wildman–Crippen MR) is 86.9 cm³/mol. The zero-order valence-electron chi connectivity index (χ0n) is 11.7. The van der Waals surface area contributed by atoms with E-state index in [1.807, 2.05) is 0 Å². The van der Waals surface area contributed by atoms with Crippen molar-refractivity contribution in [2.75, 3.05) is 0 Å². The molecule has 4 nitrogen and oxygen atoms in total. The topological polar surface area (TPSA) is 56.5 Å². The van der Waals surface area contributed by atoms with Gasteiger partial charge in [0.25, 0.3) is 0 Å². The maximum Gasteiger partial charge on any atom is 0.232 e. The standard InChI is InChI=1S/C18H9ClO4/c19-11-5-6-15-13(8-11)18(21)16(23-15)7-10-9-22-14-4-2-1-3-12(14)17(10)20/h1-9H/b16-7-. The van der Waals surface area contributed by atoms with E-state index in [2.05, 4.69) is 0 Å². The molecular formula is C18H9ClO4. The van der Waals surface area contributed by atoms with Gasteiger partial charge in [-0.1, -0.05) is 23.7 Å². The highest BCUT2D eigenvalue weighted by atomic mass is 35.5. The van der Waals surface area contributed by atoms with Crippen LogP contribution in [0, 0.1) is 0 Å². The Kier molecular flexibility index (Phi) is 3.06. The number of hydrogen-bond donors (Lipinski definition) is 0. The number of para-hydroxylation sites is 1. The van der Waals surface area contributed by atoms with Crippen LogP contribution in [0.15, 0.2) is 63.7 Å². The summed E-state index contributed by atoms with van der Waals surface area (Å²) in [6, 6.07) is 11.7. The molecule has 1 aliphatic heterocycles. The highest BCUT2D eigenvalue weighted by Gasteiger charge is 2.27. The van der Waals surface area contributed by atoms with Crippen molar-refractivity contribution in [3.63, 3.8) is 0 Å². The minimum Gasteiger partial charge on any atom is -0.463 e. The number of halogens is 1. The summed E-state index contributed by atoms with van der Waals surface area (Å²) in [5, 5.41) is 0.903. The van der Waals surface area contributed by atoms with E-state index in [0.717, 1.165) is 0 Å². The van der Waals surface area contributed by atoms with Gasteiger partial charge in [0.1, 0.15) is 17.6 Å². The van der Waals surface area contributed by atoms with Gasteiger partial charge in [0.05, 0.1) is 16.5 Å². The van der Waals surface area contributed by atoms with Crippen molar-refractivity contribution in [1.82, 2.24) is 0 Å². The lowest BCUT2D eigenvalue weighted by Crippen LogP contribution is -2.07. The van der Waals surface area contributed by atoms with E-state index in [1.54, 1.807) is 42.5 Å². The Morgan fingerprint density at radius 1 is 1.04 bits per heavy atom. The van der Waals surface area contributed by atoms with Crippen molar-refractivity contribution in [3.8, 4) is 5.75 Å². The molecule has 0 fully saturated rings. The minimum atomic E-state index is -0.310. The minimum absolute atomic E-state index is 0.0739. The van der Waals surface area contributed by atoms with E-state index < -0.39 is 0 Å². The normalized spacial score (nSPS) is 15.0. The van der Waals surface area contributed by atoms with Gasteiger partial charge in [-0.15, -0.1) is 0 Å². The molecular weight excluding hydrogens is 316 g/mol. The summed E-state index contributed by atoms with van der Waals surface area (Å²) in [5.74, 6) is 0.190. The molecule has 0 amide bonds. The summed E-state index contributed by atoms with van der Waals surface area (Å²) in [7, 11) is 0. The molecule has 1 aliphatic rings. The van der Waals surface area contributed by atoms with Crippen LogP contribution < -0.4 is 10.2 Å². The van der Waals surface area contributed by atoms with E-state index in [1.165, 1.54) is 12.3 Å². The van der Waals surface area contributed by atoms with Crippen LogP contribution in [0.5, 0.6) is 5.75 Å². The van der Waals surface area contributed by atoms with Crippen LogP contribution in [-0.2, 0) is 0 Å². The smallest absolute Gasteiger partial charge is 0.232 e. The zero-order chi connectivity index (χ0) is 16.0. The molecule has 112 valence electrons. The summed E-state index contributed by atoms with van der Waals surface area (Å²) in [5.41, 5.74) is 0.915. The number of Topliss-reactive ketones (excluding diaryl/α,β-unsaturated/α-hetero) is 1. The number of carbonyl (C=O) groups is 1. The Morgan fingerprint density at radius 2 is 1.87 bits per heavy atom. The molecule has 0 spiro atoms. The third kappa shape index (κ3) is 2.24. The van der Waals surface area contributed by atoms with Crippen molar-refractivity contribution in [3.05, 3.63) is 80.9 Å². The highest BCUT2D eigenvalue weighted by Crippen LogP contribution is 2.33. The molecule has 0 N–H and O–H groups in total. The fourth-order valence-corrected chi connectivity index (χ4v) is 2.67. The third-order valence-corrected chi connectivity index (χ3v) is 3.86. The fourth-order valence-electron chi connectivity index (χ4n) is 2.49. The van der Waals surface area contributed by atoms with Crippen molar-refractivity contribution < 1.29 is 13.9 Å². The maximum absolute atomic E-state index is 12.5. The molecule has 0 saturated heterocycles. The summed E-state index contributed by atoms with van der Waals surface area (Å²) < 4.78 is 11.0. The van der Waals surface area contributed by atoms with Gasteiger partial charge in [-0.3, -0.25) is 9.59 Å². The number of hydrogen-bond acceptors (Lipinski definition) is 4. The second-order valence-electron chi connectivity index (χ2n) is 5.10. The Balaban J connectivity index is 1.82. The molecule has 5 heteroatoms. The second-order valence-corrected chi connectivity index (χ2v) is 5.53. The fraction of sp³-hybridized carbons (Fsp3) is 0. The molecule has 0 radical (unpaired) electrons. The van der Waals surface area contributed by atoms with Crippen LogP contribution in [-0.4, -0.2) is 5.78 Å². The summed E-state index contributed by atoms with van der Waals surface area (Å²) in [4.78, 5) is 24.8. The zero-order valence-corrected chi connectivity index (χ0v) is 12.5. The summed E-state index contributed by atoms with van der Waals surface area (Å²) in [6.07, 6.45) is 2.72. The van der Waals surface area contributed by atoms with Crippen LogP contribution in [0.25, 0.3) is 17.0 Å². The first-order valence-corrected chi connectivity index (χ1v) is 7.25. The molecule has 0 bridgehead atoms. The molecule has 2 heterocycles. The van der Waals surface area contributed by atoms with Gasteiger partial charge in [-0.05, 0) is 36.4 Å². The number of allylic oxidation sites excluding steroid dienone is 1. The molecule has 1 aromatic heterocycles. The molecule has 4 rings (SSSR count). The van der Waals surface area contributed by atoms with Gasteiger partial charge in [0, 0.05) is 5.02 Å². The molecule has 0 saturated carbocycles. The first-order valence-electron chi connectivity index (χ1n) is 6.88. The first-order chi connectivity index (χ1) is 11.1. The van der Waals surface area contributed by atoms with Gasteiger partial charge in [0.2, 0.25) is 5.78 Å². The molecule has 2 aromatic carbocycles. The molecule has 3 aromatic rings. The largest absolute Gasteiger partial charge is 0.463 e. The van der Waals surface area contributed by atoms with E-state index in [4.69, 9.17) is 20.8 Å². The molecule has 0 aliphatic carbocycles. The lowest BCUT2D eigenvalue weighted by molar-refractivity contribution is 0.101. The van der Waals surface area contributed by atoms with Crippen molar-refractivity contribution >= 4 is 34.4 Å². The molecule has 0 unspecified atom stereocenters. The highest BCUT2D eigenvalue weighted by molar-refractivity contribution is 6.31. The maximum atomic E-state index is 12.5. The lowest BCUT2D eigenvalue weighted by Gasteiger charge is -2.00. The Hall–Kier alpha value is -2.85. The molecule has 23 heavy (non-hydrogen) atoms. The number of benzene rings is 2. The van der Waals surface area contributed by atoms with Crippen LogP contribution in [0.1, 0.15) is 15.9 Å². The summed E-state index contributed by atoms with van der Waals surface area (Å²) >= 11 is 5.89. The van der Waals surface area contributed by atoms with Crippen molar-refractivity contribution in [1.29, 1.82) is 0 Å². The van der Waals surface area contributed by atoms with Crippen molar-refractivity contribution in [2.24, 2.45) is 0 Å². The third-order valence-electron chi connectivity index (χ3n) is 3.62. The van der Waals surface area contributed by atoms with Gasteiger partial charge in [0.15, 0.2) is 11.2 Å². The average molecular weight is 325 g/mol. The van der Waals surface area contributed by atoms with E-state index in [9.17, 15) is 9.59 Å². The SMILES string of the molecule is O=C1/C(=C/c2coc3ccccc3c2=O)Oc2ccc(Cl)cc21. The molecule has 0 atom stereocenters. The predicted octanol–water partition coefficient (Wildman–Crippen LogP) is 4.06. The Morgan fingerprint density at radius 3 is 2.74 bits per heavy atom.